The summed E-state index contributed by atoms with van der Waals surface area (Å²) in [6.07, 6.45) is 1.86. The molecule has 0 atom stereocenters. The SMILES string of the molecule is Cc1cc(C)nc(SCC(=O)N(CCC#N)Cc2ccco2)n1. The van der Waals surface area contributed by atoms with Crippen molar-refractivity contribution >= 4 is 17.7 Å². The number of aromatic nitrogens is 2. The second kappa shape index (κ2) is 8.34. The van der Waals surface area contributed by atoms with Crippen molar-refractivity contribution in [1.29, 1.82) is 5.26 Å². The van der Waals surface area contributed by atoms with E-state index < -0.39 is 0 Å². The number of rotatable bonds is 7. The fourth-order valence-electron chi connectivity index (χ4n) is 2.04. The molecular formula is C16H18N4O2S. The molecule has 7 heteroatoms. The number of hydrogen-bond donors (Lipinski definition) is 0. The van der Waals surface area contributed by atoms with E-state index >= 15 is 0 Å². The molecule has 0 saturated carbocycles. The molecule has 6 nitrogen and oxygen atoms in total. The van der Waals surface area contributed by atoms with Gasteiger partial charge in [-0.15, -0.1) is 0 Å². The molecule has 1 amide bonds. The van der Waals surface area contributed by atoms with Gasteiger partial charge in [0, 0.05) is 17.9 Å². The molecule has 0 spiro atoms. The van der Waals surface area contributed by atoms with Crippen LogP contribution in [0.15, 0.2) is 34.0 Å². The highest BCUT2D eigenvalue weighted by molar-refractivity contribution is 7.99. The van der Waals surface area contributed by atoms with Crippen LogP contribution in [0.1, 0.15) is 23.6 Å². The van der Waals surface area contributed by atoms with E-state index in [1.165, 1.54) is 11.8 Å². The molecule has 23 heavy (non-hydrogen) atoms. The highest BCUT2D eigenvalue weighted by Gasteiger charge is 2.16. The van der Waals surface area contributed by atoms with Gasteiger partial charge in [-0.05, 0) is 32.0 Å². The molecule has 0 saturated heterocycles. The summed E-state index contributed by atoms with van der Waals surface area (Å²) < 4.78 is 5.28. The highest BCUT2D eigenvalue weighted by Crippen LogP contribution is 2.16. The van der Waals surface area contributed by atoms with Crippen molar-refractivity contribution in [1.82, 2.24) is 14.9 Å². The summed E-state index contributed by atoms with van der Waals surface area (Å²) in [5.74, 6) is 0.864. The molecule has 0 aliphatic rings. The Kier molecular flexibility index (Phi) is 6.18. The first-order valence-electron chi connectivity index (χ1n) is 7.20. The van der Waals surface area contributed by atoms with E-state index in [-0.39, 0.29) is 18.1 Å². The third-order valence-electron chi connectivity index (χ3n) is 3.06. The molecule has 0 N–H and O–H groups in total. The van der Waals surface area contributed by atoms with Crippen LogP contribution < -0.4 is 0 Å². The first-order chi connectivity index (χ1) is 11.1. The predicted molar refractivity (Wildman–Crippen MR) is 86.6 cm³/mol. The number of furan rings is 1. The van der Waals surface area contributed by atoms with Crippen LogP contribution in [0.5, 0.6) is 0 Å². The van der Waals surface area contributed by atoms with Crippen LogP contribution in [0.3, 0.4) is 0 Å². The number of thioether (sulfide) groups is 1. The molecule has 2 rings (SSSR count). The van der Waals surface area contributed by atoms with Crippen LogP contribution in [0.2, 0.25) is 0 Å². The maximum atomic E-state index is 12.4. The second-order valence-corrected chi connectivity index (χ2v) is 5.97. The molecule has 2 aromatic heterocycles. The minimum absolute atomic E-state index is 0.0654. The quantitative estimate of drug-likeness (QED) is 0.573. The lowest BCUT2D eigenvalue weighted by Crippen LogP contribution is -2.32. The molecule has 0 aliphatic heterocycles. The number of nitrogens with zero attached hydrogens (tertiary/aromatic N) is 4. The average molecular weight is 330 g/mol. The Balaban J connectivity index is 1.97. The van der Waals surface area contributed by atoms with Gasteiger partial charge in [0.1, 0.15) is 5.76 Å². The molecule has 0 fully saturated rings. The first kappa shape index (κ1) is 17.0. The van der Waals surface area contributed by atoms with E-state index in [1.54, 1.807) is 17.2 Å². The van der Waals surface area contributed by atoms with Crippen LogP contribution >= 0.6 is 11.8 Å². The van der Waals surface area contributed by atoms with Gasteiger partial charge < -0.3 is 9.32 Å². The maximum Gasteiger partial charge on any atom is 0.233 e. The topological polar surface area (TPSA) is 83.0 Å². The summed E-state index contributed by atoms with van der Waals surface area (Å²) in [6, 6.07) is 7.55. The van der Waals surface area contributed by atoms with E-state index in [4.69, 9.17) is 9.68 Å². The standard InChI is InChI=1S/C16H18N4O2S/c1-12-9-13(2)19-16(18-12)23-11-15(21)20(7-4-6-17)10-14-5-3-8-22-14/h3,5,8-9H,4,7,10-11H2,1-2H3. The Labute approximate surface area is 139 Å². The zero-order valence-corrected chi connectivity index (χ0v) is 14.0. The number of aryl methyl sites for hydroxylation is 2. The van der Waals surface area contributed by atoms with Crippen molar-refractivity contribution in [2.24, 2.45) is 0 Å². The molecule has 2 heterocycles. The van der Waals surface area contributed by atoms with Crippen molar-refractivity contribution in [2.75, 3.05) is 12.3 Å². The monoisotopic (exact) mass is 330 g/mol. The Hall–Kier alpha value is -2.33. The molecule has 0 aliphatic carbocycles. The Morgan fingerprint density at radius 3 is 2.74 bits per heavy atom. The van der Waals surface area contributed by atoms with Crippen molar-refractivity contribution in [3.63, 3.8) is 0 Å². The first-order valence-corrected chi connectivity index (χ1v) is 8.19. The zero-order chi connectivity index (χ0) is 16.7. The Bertz CT molecular complexity index is 674. The van der Waals surface area contributed by atoms with Crippen molar-refractivity contribution in [2.45, 2.75) is 32.0 Å². The maximum absolute atomic E-state index is 12.4. The van der Waals surface area contributed by atoms with Crippen molar-refractivity contribution < 1.29 is 9.21 Å². The van der Waals surface area contributed by atoms with E-state index in [0.717, 1.165) is 11.4 Å². The number of amides is 1. The Morgan fingerprint density at radius 2 is 2.13 bits per heavy atom. The fourth-order valence-corrected chi connectivity index (χ4v) is 2.90. The third kappa shape index (κ3) is 5.42. The lowest BCUT2D eigenvalue weighted by Gasteiger charge is -2.20. The number of hydrogen-bond acceptors (Lipinski definition) is 6. The summed E-state index contributed by atoms with van der Waals surface area (Å²) in [5, 5.41) is 9.35. The Morgan fingerprint density at radius 1 is 1.39 bits per heavy atom. The molecule has 0 aromatic carbocycles. The lowest BCUT2D eigenvalue weighted by molar-refractivity contribution is -0.129. The van der Waals surface area contributed by atoms with Crippen LogP contribution in [0, 0.1) is 25.2 Å². The second-order valence-electron chi connectivity index (χ2n) is 5.02. The van der Waals surface area contributed by atoms with Gasteiger partial charge >= 0.3 is 0 Å². The van der Waals surface area contributed by atoms with Gasteiger partial charge in [-0.1, -0.05) is 11.8 Å². The molecule has 0 radical (unpaired) electrons. The van der Waals surface area contributed by atoms with Gasteiger partial charge in [0.2, 0.25) is 5.91 Å². The fraction of sp³-hybridized carbons (Fsp3) is 0.375. The number of carbonyl (C=O) groups is 1. The smallest absolute Gasteiger partial charge is 0.233 e. The summed E-state index contributed by atoms with van der Waals surface area (Å²) in [4.78, 5) is 22.7. The minimum Gasteiger partial charge on any atom is -0.467 e. The molecule has 120 valence electrons. The molecular weight excluding hydrogens is 312 g/mol. The zero-order valence-electron chi connectivity index (χ0n) is 13.2. The van der Waals surface area contributed by atoms with E-state index in [9.17, 15) is 4.79 Å². The average Bonchev–Trinajstić information content (AvgIpc) is 3.01. The van der Waals surface area contributed by atoms with Crippen LogP contribution in [-0.4, -0.2) is 33.1 Å². The van der Waals surface area contributed by atoms with Gasteiger partial charge in [-0.3, -0.25) is 4.79 Å². The van der Waals surface area contributed by atoms with E-state index in [1.807, 2.05) is 26.0 Å². The van der Waals surface area contributed by atoms with Crippen LogP contribution in [0.4, 0.5) is 0 Å². The largest absolute Gasteiger partial charge is 0.467 e. The highest BCUT2D eigenvalue weighted by atomic mass is 32.2. The molecule has 2 aromatic rings. The van der Waals surface area contributed by atoms with E-state index in [2.05, 4.69) is 16.0 Å². The van der Waals surface area contributed by atoms with E-state index in [0.29, 0.717) is 24.0 Å². The molecule has 0 bridgehead atoms. The summed E-state index contributed by atoms with van der Waals surface area (Å²) in [5.41, 5.74) is 1.76. The molecule has 0 unspecified atom stereocenters. The lowest BCUT2D eigenvalue weighted by atomic mass is 10.3. The predicted octanol–water partition coefficient (Wildman–Crippen LogP) is 2.72. The van der Waals surface area contributed by atoms with Gasteiger partial charge in [0.05, 0.1) is 31.1 Å². The summed E-state index contributed by atoms with van der Waals surface area (Å²) >= 11 is 1.30. The number of carbonyl (C=O) groups excluding carboxylic acids is 1. The van der Waals surface area contributed by atoms with Gasteiger partial charge in [-0.25, -0.2) is 9.97 Å². The summed E-state index contributed by atoms with van der Waals surface area (Å²) in [6.45, 7) is 4.54. The van der Waals surface area contributed by atoms with Crippen molar-refractivity contribution in [3.05, 3.63) is 41.6 Å². The number of nitriles is 1. The normalized spacial score (nSPS) is 10.3. The third-order valence-corrected chi connectivity index (χ3v) is 3.89. The van der Waals surface area contributed by atoms with Gasteiger partial charge in [0.25, 0.3) is 0 Å². The van der Waals surface area contributed by atoms with Crippen LogP contribution in [-0.2, 0) is 11.3 Å². The van der Waals surface area contributed by atoms with Gasteiger partial charge in [0.15, 0.2) is 5.16 Å². The van der Waals surface area contributed by atoms with Crippen LogP contribution in [0.25, 0.3) is 0 Å². The van der Waals surface area contributed by atoms with Crippen molar-refractivity contribution in [3.8, 4) is 6.07 Å². The van der Waals surface area contributed by atoms with Gasteiger partial charge in [-0.2, -0.15) is 5.26 Å². The minimum atomic E-state index is -0.0654. The summed E-state index contributed by atoms with van der Waals surface area (Å²) in [7, 11) is 0.